The second kappa shape index (κ2) is 14.6. The molecule has 0 spiro atoms. The van der Waals surface area contributed by atoms with Gasteiger partial charge in [0.05, 0.1) is 5.56 Å². The molecule has 14 heteroatoms. The summed E-state index contributed by atoms with van der Waals surface area (Å²) >= 11 is 0. The van der Waals surface area contributed by atoms with Crippen LogP contribution in [0.25, 0.3) is 0 Å². The van der Waals surface area contributed by atoms with E-state index in [1.165, 1.54) is 12.1 Å². The van der Waals surface area contributed by atoms with E-state index in [2.05, 4.69) is 25.9 Å². The van der Waals surface area contributed by atoms with Crippen LogP contribution in [-0.4, -0.2) is 65.1 Å². The number of halogens is 3. The fourth-order valence-corrected chi connectivity index (χ4v) is 4.74. The van der Waals surface area contributed by atoms with Crippen molar-refractivity contribution in [3.63, 3.8) is 0 Å². The SMILES string of the molecule is CNc1nccc(Oc2ccc(NC(=O)Nc3ccc(CN4CCN(C(=O)OCc5ccccc5)CC4)c(C(F)(F)F)c3)cc2)n1. The summed E-state index contributed by atoms with van der Waals surface area (Å²) in [7, 11) is 1.68. The Kier molecular flexibility index (Phi) is 10.2. The lowest BCUT2D eigenvalue weighted by Gasteiger charge is -2.34. The number of aromatic nitrogens is 2. The highest BCUT2D eigenvalue weighted by atomic mass is 19.4. The Morgan fingerprint density at radius 3 is 2.28 bits per heavy atom. The predicted molar refractivity (Wildman–Crippen MR) is 166 cm³/mol. The van der Waals surface area contributed by atoms with Crippen molar-refractivity contribution >= 4 is 29.4 Å². The van der Waals surface area contributed by atoms with E-state index in [1.807, 2.05) is 35.2 Å². The highest BCUT2D eigenvalue weighted by molar-refractivity contribution is 5.99. The number of amides is 3. The zero-order valence-electron chi connectivity index (χ0n) is 24.9. The van der Waals surface area contributed by atoms with Crippen molar-refractivity contribution in [1.82, 2.24) is 19.8 Å². The number of carbonyl (C=O) groups is 2. The van der Waals surface area contributed by atoms with Crippen LogP contribution in [-0.2, 0) is 24.1 Å². The Morgan fingerprint density at radius 1 is 0.891 bits per heavy atom. The van der Waals surface area contributed by atoms with Gasteiger partial charge in [-0.05, 0) is 47.5 Å². The third-order valence-corrected chi connectivity index (χ3v) is 7.09. The lowest BCUT2D eigenvalue weighted by atomic mass is 10.0. The molecule has 1 aromatic heterocycles. The first-order chi connectivity index (χ1) is 22.2. The number of benzene rings is 3. The molecule has 1 aliphatic heterocycles. The number of piperazine rings is 1. The van der Waals surface area contributed by atoms with Gasteiger partial charge in [0, 0.05) is 63.4 Å². The molecule has 0 radical (unpaired) electrons. The lowest BCUT2D eigenvalue weighted by molar-refractivity contribution is -0.138. The molecule has 1 saturated heterocycles. The van der Waals surface area contributed by atoms with Crippen LogP contribution < -0.4 is 20.7 Å². The molecule has 2 heterocycles. The second-order valence-corrected chi connectivity index (χ2v) is 10.3. The summed E-state index contributed by atoms with van der Waals surface area (Å²) in [5.74, 6) is 1.18. The first kappa shape index (κ1) is 32.0. The highest BCUT2D eigenvalue weighted by Crippen LogP contribution is 2.35. The quantitative estimate of drug-likeness (QED) is 0.193. The van der Waals surface area contributed by atoms with Crippen molar-refractivity contribution in [3.8, 4) is 11.6 Å². The first-order valence-electron chi connectivity index (χ1n) is 14.4. The van der Waals surface area contributed by atoms with Crippen molar-refractivity contribution in [1.29, 1.82) is 0 Å². The number of carbonyl (C=O) groups excluding carboxylic acids is 2. The molecule has 0 aliphatic carbocycles. The van der Waals surface area contributed by atoms with Crippen LogP contribution in [0.1, 0.15) is 16.7 Å². The molecule has 46 heavy (non-hydrogen) atoms. The summed E-state index contributed by atoms with van der Waals surface area (Å²) in [6, 6.07) is 20.3. The van der Waals surface area contributed by atoms with Crippen LogP contribution in [0.5, 0.6) is 11.6 Å². The van der Waals surface area contributed by atoms with Gasteiger partial charge in [0.15, 0.2) is 0 Å². The fraction of sp³-hybridized carbons (Fsp3) is 0.250. The standard InChI is InChI=1S/C32H32F3N7O4/c1-36-29-37-14-13-28(40-29)46-26-11-9-24(10-12-26)38-30(43)39-25-8-7-23(27(19-25)32(33,34)35)20-41-15-17-42(18-16-41)31(44)45-21-22-5-3-2-4-6-22/h2-14,19H,15-18,20-21H2,1H3,(H,36,37,40)(H2,38,39,43). The summed E-state index contributed by atoms with van der Waals surface area (Å²) in [6.07, 6.45) is -3.55. The van der Waals surface area contributed by atoms with Crippen LogP contribution in [0.4, 0.5) is 40.1 Å². The molecule has 4 aromatic rings. The monoisotopic (exact) mass is 635 g/mol. The zero-order chi connectivity index (χ0) is 32.5. The molecular weight excluding hydrogens is 603 g/mol. The molecule has 11 nitrogen and oxygen atoms in total. The topological polar surface area (TPSA) is 121 Å². The summed E-state index contributed by atoms with van der Waals surface area (Å²) in [5.41, 5.74) is 0.484. The average Bonchev–Trinajstić information content (AvgIpc) is 3.05. The van der Waals surface area contributed by atoms with Crippen molar-refractivity contribution in [3.05, 3.63) is 102 Å². The van der Waals surface area contributed by atoms with Gasteiger partial charge in [-0.1, -0.05) is 36.4 Å². The number of alkyl halides is 3. The average molecular weight is 636 g/mol. The normalized spacial score (nSPS) is 13.5. The summed E-state index contributed by atoms with van der Waals surface area (Å²) < 4.78 is 53.2. The molecular formula is C32H32F3N7O4. The third-order valence-electron chi connectivity index (χ3n) is 7.09. The maximum atomic E-state index is 14.1. The van der Waals surface area contributed by atoms with Gasteiger partial charge in [0.2, 0.25) is 11.8 Å². The van der Waals surface area contributed by atoms with Gasteiger partial charge < -0.3 is 30.3 Å². The van der Waals surface area contributed by atoms with E-state index in [0.29, 0.717) is 49.4 Å². The number of urea groups is 1. The molecule has 3 aromatic carbocycles. The molecule has 0 bridgehead atoms. The lowest BCUT2D eigenvalue weighted by Crippen LogP contribution is -2.48. The molecule has 0 unspecified atom stereocenters. The van der Waals surface area contributed by atoms with E-state index in [9.17, 15) is 22.8 Å². The number of anilines is 3. The highest BCUT2D eigenvalue weighted by Gasteiger charge is 2.34. The van der Waals surface area contributed by atoms with E-state index in [4.69, 9.17) is 9.47 Å². The van der Waals surface area contributed by atoms with Crippen molar-refractivity contribution < 1.29 is 32.2 Å². The van der Waals surface area contributed by atoms with Gasteiger partial charge in [-0.3, -0.25) is 4.90 Å². The summed E-state index contributed by atoms with van der Waals surface area (Å²) in [5, 5.41) is 7.87. The predicted octanol–water partition coefficient (Wildman–Crippen LogP) is 6.43. The number of ether oxygens (including phenoxy) is 2. The van der Waals surface area contributed by atoms with Gasteiger partial charge in [-0.2, -0.15) is 18.2 Å². The maximum Gasteiger partial charge on any atom is 0.416 e. The molecule has 1 fully saturated rings. The largest absolute Gasteiger partial charge is 0.445 e. The number of nitrogens with one attached hydrogen (secondary N) is 3. The second-order valence-electron chi connectivity index (χ2n) is 10.3. The van der Waals surface area contributed by atoms with E-state index in [0.717, 1.165) is 11.6 Å². The molecule has 3 amide bonds. The van der Waals surface area contributed by atoms with Crippen LogP contribution >= 0.6 is 0 Å². The minimum Gasteiger partial charge on any atom is -0.445 e. The molecule has 5 rings (SSSR count). The van der Waals surface area contributed by atoms with Crippen molar-refractivity contribution in [2.24, 2.45) is 0 Å². The fourth-order valence-electron chi connectivity index (χ4n) is 4.74. The Labute approximate surface area is 263 Å². The number of rotatable bonds is 9. The Bertz CT molecular complexity index is 1630. The van der Waals surface area contributed by atoms with Gasteiger partial charge in [0.25, 0.3) is 0 Å². The smallest absolute Gasteiger partial charge is 0.416 e. The molecule has 1 aliphatic rings. The molecule has 0 atom stereocenters. The van der Waals surface area contributed by atoms with Gasteiger partial charge in [0.1, 0.15) is 12.4 Å². The van der Waals surface area contributed by atoms with E-state index in [1.54, 1.807) is 48.5 Å². The van der Waals surface area contributed by atoms with E-state index >= 15 is 0 Å². The van der Waals surface area contributed by atoms with Crippen molar-refractivity contribution in [2.45, 2.75) is 19.3 Å². The minimum atomic E-state index is -4.64. The molecule has 3 N–H and O–H groups in total. The Hall–Kier alpha value is -5.37. The van der Waals surface area contributed by atoms with Gasteiger partial charge >= 0.3 is 18.3 Å². The Morgan fingerprint density at radius 2 is 1.59 bits per heavy atom. The summed E-state index contributed by atoms with van der Waals surface area (Å²) in [4.78, 5) is 36.6. The number of hydrogen-bond acceptors (Lipinski definition) is 8. The van der Waals surface area contributed by atoms with Gasteiger partial charge in [-0.25, -0.2) is 14.6 Å². The minimum absolute atomic E-state index is 0.0105. The van der Waals surface area contributed by atoms with Crippen LogP contribution in [0, 0.1) is 0 Å². The number of hydrogen-bond donors (Lipinski definition) is 3. The molecule has 240 valence electrons. The maximum absolute atomic E-state index is 14.1. The van der Waals surface area contributed by atoms with Crippen molar-refractivity contribution in [2.75, 3.05) is 49.2 Å². The third kappa shape index (κ3) is 8.85. The zero-order valence-corrected chi connectivity index (χ0v) is 24.9. The van der Waals surface area contributed by atoms with E-state index < -0.39 is 23.9 Å². The Balaban J connectivity index is 1.13. The molecule has 0 saturated carbocycles. The van der Waals surface area contributed by atoms with Crippen LogP contribution in [0.2, 0.25) is 0 Å². The first-order valence-corrected chi connectivity index (χ1v) is 14.4. The number of nitrogens with zero attached hydrogens (tertiary/aromatic N) is 4. The van der Waals surface area contributed by atoms with Crippen LogP contribution in [0.3, 0.4) is 0 Å². The van der Waals surface area contributed by atoms with Gasteiger partial charge in [-0.15, -0.1) is 0 Å². The van der Waals surface area contributed by atoms with Crippen LogP contribution in [0.15, 0.2) is 85.1 Å². The summed E-state index contributed by atoms with van der Waals surface area (Å²) in [6.45, 7) is 1.63. The van der Waals surface area contributed by atoms with E-state index in [-0.39, 0.29) is 24.4 Å².